The highest BCUT2D eigenvalue weighted by Crippen LogP contribution is 2.04. The van der Waals surface area contributed by atoms with Crippen molar-refractivity contribution in [3.63, 3.8) is 0 Å². The molecular weight excluding hydrogens is 236 g/mol. The summed E-state index contributed by atoms with van der Waals surface area (Å²) in [5.74, 6) is 1.41. The molecule has 0 radical (unpaired) electrons. The van der Waals surface area contributed by atoms with Gasteiger partial charge < -0.3 is 9.94 Å². The van der Waals surface area contributed by atoms with E-state index in [0.717, 1.165) is 12.8 Å². The van der Waals surface area contributed by atoms with Crippen molar-refractivity contribution in [3.05, 3.63) is 0 Å². The molecule has 0 aliphatic heterocycles. The minimum absolute atomic E-state index is 0.323. The van der Waals surface area contributed by atoms with E-state index in [9.17, 15) is 9.59 Å². The van der Waals surface area contributed by atoms with Crippen LogP contribution in [0.1, 0.15) is 32.1 Å². The quantitative estimate of drug-likeness (QED) is 0.188. The minimum Gasteiger partial charge on any atom is -0.480 e. The molecule has 0 aliphatic rings. The second kappa shape index (κ2) is 11.8. The Morgan fingerprint density at radius 3 is 2.83 bits per heavy atom. The van der Waals surface area contributed by atoms with Crippen molar-refractivity contribution >= 4 is 12.0 Å². The first kappa shape index (κ1) is 16.3. The van der Waals surface area contributed by atoms with Crippen molar-refractivity contribution in [1.82, 2.24) is 5.48 Å². The van der Waals surface area contributed by atoms with Crippen LogP contribution in [0.3, 0.4) is 0 Å². The number of carboxylic acid groups (broad SMARTS) is 1. The third-order valence-corrected chi connectivity index (χ3v) is 2.17. The molecule has 0 aromatic heterocycles. The monoisotopic (exact) mass is 254 g/mol. The molecule has 0 rings (SSSR count). The van der Waals surface area contributed by atoms with Gasteiger partial charge in [0.05, 0.1) is 6.61 Å². The molecule has 0 aromatic carbocycles. The molecule has 0 saturated carbocycles. The summed E-state index contributed by atoms with van der Waals surface area (Å²) >= 11 is 0. The number of terminal acetylenes is 1. The highest BCUT2D eigenvalue weighted by atomic mass is 16.6. The maximum Gasteiger partial charge on any atom is 0.329 e. The number of hydrogen-bond donors (Lipinski definition) is 2. The maximum atomic E-state index is 10.6. The topological polar surface area (TPSA) is 88.0 Å². The molecule has 100 valence electrons. The van der Waals surface area contributed by atoms with Gasteiger partial charge in [-0.1, -0.05) is 0 Å². The van der Waals surface area contributed by atoms with Gasteiger partial charge in [0.25, 0.3) is 0 Å². The van der Waals surface area contributed by atoms with Crippen LogP contribution in [0.2, 0.25) is 0 Å². The molecule has 0 saturated heterocycles. The molecule has 0 heterocycles. The highest BCUT2D eigenvalue weighted by molar-refractivity contribution is 5.74. The highest BCUT2D eigenvalue weighted by Gasteiger charge is 2.14. The average molecular weight is 254 g/mol. The number of aliphatic carboxylic acids is 1. The Morgan fingerprint density at radius 2 is 2.22 bits per heavy atom. The van der Waals surface area contributed by atoms with Gasteiger partial charge in [0.15, 0.2) is 6.04 Å². The summed E-state index contributed by atoms with van der Waals surface area (Å²) in [6.45, 7) is 1.17. The van der Waals surface area contributed by atoms with Crippen LogP contribution in [-0.2, 0) is 14.4 Å². The molecule has 0 aromatic rings. The Hall–Kier alpha value is -1.67. The third kappa shape index (κ3) is 9.55. The zero-order valence-electron chi connectivity index (χ0n) is 10.2. The summed E-state index contributed by atoms with van der Waals surface area (Å²) in [6.07, 6.45) is 9.54. The van der Waals surface area contributed by atoms with E-state index in [2.05, 4.69) is 16.4 Å². The number of aliphatic imine (C=N–C) groups is 1. The molecule has 0 amide bonds. The maximum absolute atomic E-state index is 10.6. The summed E-state index contributed by atoms with van der Waals surface area (Å²) in [5.41, 5.74) is 2.76. The predicted octanol–water partition coefficient (Wildman–Crippen LogP) is 0.880. The Kier molecular flexibility index (Phi) is 10.7. The van der Waals surface area contributed by atoms with Gasteiger partial charge in [-0.05, 0) is 25.7 Å². The molecule has 1 atom stereocenters. The van der Waals surface area contributed by atoms with Crippen molar-refractivity contribution in [2.24, 2.45) is 4.99 Å². The van der Waals surface area contributed by atoms with Crippen LogP contribution in [0, 0.1) is 12.3 Å². The van der Waals surface area contributed by atoms with Crippen molar-refractivity contribution in [1.29, 1.82) is 0 Å². The SMILES string of the molecule is C#CCCCONCCCCC(N=C=O)C(=O)O. The number of carboxylic acids is 1. The van der Waals surface area contributed by atoms with Crippen LogP contribution in [0.4, 0.5) is 0 Å². The van der Waals surface area contributed by atoms with Gasteiger partial charge in [-0.2, -0.15) is 4.99 Å². The standard InChI is InChI=1S/C12H18N2O4/c1-2-3-6-9-18-14-8-5-4-7-11(12(16)17)13-10-15/h1,11,14H,3-9H2,(H,16,17). The van der Waals surface area contributed by atoms with Crippen molar-refractivity contribution < 1.29 is 19.5 Å². The number of nitrogens with zero attached hydrogens (tertiary/aromatic N) is 1. The number of carbonyl (C=O) groups excluding carboxylic acids is 1. The summed E-state index contributed by atoms with van der Waals surface area (Å²) in [6, 6.07) is -0.987. The van der Waals surface area contributed by atoms with Gasteiger partial charge >= 0.3 is 5.97 Å². The fraction of sp³-hybridized carbons (Fsp3) is 0.667. The number of unbranched alkanes of at least 4 members (excludes halogenated alkanes) is 2. The molecule has 0 fully saturated rings. The Morgan fingerprint density at radius 1 is 1.44 bits per heavy atom. The summed E-state index contributed by atoms with van der Waals surface area (Å²) in [5, 5.41) is 8.70. The van der Waals surface area contributed by atoms with Gasteiger partial charge in [0.1, 0.15) is 0 Å². The lowest BCUT2D eigenvalue weighted by Crippen LogP contribution is -2.19. The van der Waals surface area contributed by atoms with Crippen LogP contribution in [0.5, 0.6) is 0 Å². The lowest BCUT2D eigenvalue weighted by molar-refractivity contribution is -0.138. The van der Waals surface area contributed by atoms with E-state index in [1.807, 2.05) is 0 Å². The van der Waals surface area contributed by atoms with Crippen molar-refractivity contribution in [2.75, 3.05) is 13.2 Å². The van der Waals surface area contributed by atoms with E-state index >= 15 is 0 Å². The fourth-order valence-electron chi connectivity index (χ4n) is 1.23. The Balaban J connectivity index is 3.41. The largest absolute Gasteiger partial charge is 0.480 e. The number of carbonyl (C=O) groups is 1. The smallest absolute Gasteiger partial charge is 0.329 e. The summed E-state index contributed by atoms with van der Waals surface area (Å²) < 4.78 is 0. The second-order valence-electron chi connectivity index (χ2n) is 3.62. The van der Waals surface area contributed by atoms with Crippen molar-refractivity contribution in [3.8, 4) is 12.3 Å². The molecular formula is C12H18N2O4. The summed E-state index contributed by atoms with van der Waals surface area (Å²) in [7, 11) is 0. The molecule has 0 aliphatic carbocycles. The van der Waals surface area contributed by atoms with E-state index in [-0.39, 0.29) is 0 Å². The average Bonchev–Trinajstić information content (AvgIpc) is 2.35. The molecule has 18 heavy (non-hydrogen) atoms. The minimum atomic E-state index is -1.10. The predicted molar refractivity (Wildman–Crippen MR) is 65.4 cm³/mol. The first-order valence-electron chi connectivity index (χ1n) is 5.80. The van der Waals surface area contributed by atoms with E-state index in [1.165, 1.54) is 6.08 Å². The summed E-state index contributed by atoms with van der Waals surface area (Å²) in [4.78, 5) is 28.9. The zero-order chi connectivity index (χ0) is 13.6. The first-order valence-corrected chi connectivity index (χ1v) is 5.80. The van der Waals surface area contributed by atoms with Crippen LogP contribution in [-0.4, -0.2) is 36.3 Å². The molecule has 1 unspecified atom stereocenters. The van der Waals surface area contributed by atoms with Gasteiger partial charge in [-0.15, -0.1) is 12.3 Å². The Bertz CT molecular complexity index is 317. The number of nitrogens with one attached hydrogen (secondary N) is 1. The van der Waals surface area contributed by atoms with Crippen LogP contribution in [0.25, 0.3) is 0 Å². The van der Waals surface area contributed by atoms with Crippen LogP contribution in [0.15, 0.2) is 4.99 Å². The van der Waals surface area contributed by atoms with Gasteiger partial charge in [0, 0.05) is 13.0 Å². The van der Waals surface area contributed by atoms with Gasteiger partial charge in [0.2, 0.25) is 6.08 Å². The molecule has 2 N–H and O–H groups in total. The molecule has 6 nitrogen and oxygen atoms in total. The number of rotatable bonds is 11. The first-order chi connectivity index (χ1) is 8.72. The Labute approximate surface area is 106 Å². The fourth-order valence-corrected chi connectivity index (χ4v) is 1.23. The second-order valence-corrected chi connectivity index (χ2v) is 3.62. The lowest BCUT2D eigenvalue weighted by atomic mass is 10.1. The van der Waals surface area contributed by atoms with E-state index < -0.39 is 12.0 Å². The van der Waals surface area contributed by atoms with Gasteiger partial charge in [-0.3, -0.25) is 0 Å². The van der Waals surface area contributed by atoms with E-state index in [0.29, 0.717) is 32.4 Å². The number of hydrogen-bond acceptors (Lipinski definition) is 5. The van der Waals surface area contributed by atoms with E-state index in [1.54, 1.807) is 0 Å². The normalized spacial score (nSPS) is 11.3. The van der Waals surface area contributed by atoms with Crippen LogP contribution < -0.4 is 5.48 Å². The van der Waals surface area contributed by atoms with Gasteiger partial charge in [-0.25, -0.2) is 15.1 Å². The lowest BCUT2D eigenvalue weighted by Gasteiger charge is -2.06. The zero-order valence-corrected chi connectivity index (χ0v) is 10.2. The molecule has 0 bridgehead atoms. The molecule has 6 heteroatoms. The van der Waals surface area contributed by atoms with Crippen LogP contribution >= 0.6 is 0 Å². The molecule has 0 spiro atoms. The van der Waals surface area contributed by atoms with E-state index in [4.69, 9.17) is 16.4 Å². The third-order valence-electron chi connectivity index (χ3n) is 2.17. The van der Waals surface area contributed by atoms with Crippen molar-refractivity contribution in [2.45, 2.75) is 38.1 Å². The number of hydroxylamine groups is 1. The number of isocyanates is 1.